The molecule has 0 aliphatic carbocycles. The Morgan fingerprint density at radius 2 is 1.78 bits per heavy atom. The molecule has 0 spiro atoms. The van der Waals surface area contributed by atoms with E-state index in [1.54, 1.807) is 18.2 Å². The quantitative estimate of drug-likeness (QED) is 0.466. The molecular formula is C20H31N3O3S. The first kappa shape index (κ1) is 21.8. The van der Waals surface area contributed by atoms with E-state index < -0.39 is 16.1 Å². The van der Waals surface area contributed by atoms with Crippen LogP contribution in [0.5, 0.6) is 0 Å². The molecule has 0 amide bonds. The van der Waals surface area contributed by atoms with Crippen LogP contribution in [0.25, 0.3) is 10.8 Å². The highest BCUT2D eigenvalue weighted by molar-refractivity contribution is 7.89. The number of hydrogen-bond donors (Lipinski definition) is 4. The highest BCUT2D eigenvalue weighted by atomic mass is 32.2. The van der Waals surface area contributed by atoms with Gasteiger partial charge in [-0.1, -0.05) is 44.2 Å². The minimum Gasteiger partial charge on any atom is -0.396 e. The van der Waals surface area contributed by atoms with E-state index in [0.717, 1.165) is 17.2 Å². The summed E-state index contributed by atoms with van der Waals surface area (Å²) in [5, 5.41) is 14.5. The number of sulfonamides is 1. The lowest BCUT2D eigenvalue weighted by molar-refractivity contribution is 0.266. The molecule has 0 saturated heterocycles. The largest absolute Gasteiger partial charge is 0.396 e. The molecule has 27 heavy (non-hydrogen) atoms. The lowest BCUT2D eigenvalue weighted by Gasteiger charge is -2.24. The Bertz CT molecular complexity index is 824. The summed E-state index contributed by atoms with van der Waals surface area (Å²) in [5.74, 6) is 0.497. The minimum absolute atomic E-state index is 0.0932. The number of aliphatic hydroxyl groups is 1. The van der Waals surface area contributed by atoms with Gasteiger partial charge in [0.15, 0.2) is 0 Å². The third-order valence-electron chi connectivity index (χ3n) is 4.52. The highest BCUT2D eigenvalue weighted by Crippen LogP contribution is 2.19. The first-order valence-electron chi connectivity index (χ1n) is 9.41. The van der Waals surface area contributed by atoms with Crippen molar-refractivity contribution in [3.8, 4) is 0 Å². The lowest BCUT2D eigenvalue weighted by atomic mass is 10.0. The Kier molecular flexibility index (Phi) is 8.19. The zero-order chi connectivity index (χ0) is 19.9. The average Bonchev–Trinajstić information content (AvgIpc) is 2.64. The Morgan fingerprint density at radius 1 is 1.07 bits per heavy atom. The number of aliphatic hydroxyl groups excluding tert-OH is 1. The van der Waals surface area contributed by atoms with Gasteiger partial charge in [0.2, 0.25) is 10.0 Å². The van der Waals surface area contributed by atoms with E-state index in [2.05, 4.69) is 23.9 Å². The third-order valence-corrected chi connectivity index (χ3v) is 6.04. The molecule has 0 aliphatic rings. The molecule has 0 bridgehead atoms. The van der Waals surface area contributed by atoms with Gasteiger partial charge in [0, 0.05) is 31.8 Å². The number of rotatable bonds is 11. The zero-order valence-corrected chi connectivity index (χ0v) is 16.9. The van der Waals surface area contributed by atoms with Crippen LogP contribution in [-0.4, -0.2) is 45.3 Å². The second-order valence-corrected chi connectivity index (χ2v) is 9.02. The molecule has 2 aromatic carbocycles. The first-order chi connectivity index (χ1) is 12.9. The molecule has 0 fully saturated rings. The fourth-order valence-electron chi connectivity index (χ4n) is 3.12. The van der Waals surface area contributed by atoms with Gasteiger partial charge in [-0.25, -0.2) is 13.1 Å². The van der Waals surface area contributed by atoms with Crippen molar-refractivity contribution in [1.82, 2.24) is 10.0 Å². The maximum absolute atomic E-state index is 12.8. The van der Waals surface area contributed by atoms with Crippen LogP contribution < -0.4 is 15.8 Å². The molecule has 2 atom stereocenters. The van der Waals surface area contributed by atoms with Crippen LogP contribution in [0.15, 0.2) is 47.4 Å². The molecule has 6 nitrogen and oxygen atoms in total. The predicted octanol–water partition coefficient (Wildman–Crippen LogP) is 1.83. The summed E-state index contributed by atoms with van der Waals surface area (Å²) in [7, 11) is -3.68. The van der Waals surface area contributed by atoms with Gasteiger partial charge in [-0.15, -0.1) is 0 Å². The van der Waals surface area contributed by atoms with Gasteiger partial charge < -0.3 is 16.2 Å². The van der Waals surface area contributed by atoms with Crippen molar-refractivity contribution in [2.24, 2.45) is 11.7 Å². The van der Waals surface area contributed by atoms with Gasteiger partial charge >= 0.3 is 0 Å². The SMILES string of the molecule is CC(C)C[C@@H](CN)NC[C@@H](CCO)NS(=O)(=O)c1ccc2ccccc2c1. The van der Waals surface area contributed by atoms with Gasteiger partial charge in [0.25, 0.3) is 0 Å². The molecular weight excluding hydrogens is 362 g/mol. The number of nitrogens with one attached hydrogen (secondary N) is 2. The Morgan fingerprint density at radius 3 is 2.41 bits per heavy atom. The van der Waals surface area contributed by atoms with Gasteiger partial charge in [-0.05, 0) is 41.7 Å². The summed E-state index contributed by atoms with van der Waals surface area (Å²) in [6.07, 6.45) is 1.25. The minimum atomic E-state index is -3.68. The van der Waals surface area contributed by atoms with Gasteiger partial charge in [0.05, 0.1) is 4.90 Å². The van der Waals surface area contributed by atoms with Crippen LogP contribution in [0.1, 0.15) is 26.7 Å². The lowest BCUT2D eigenvalue weighted by Crippen LogP contribution is -2.47. The Hall–Kier alpha value is -1.51. The fraction of sp³-hybridized carbons (Fsp3) is 0.500. The molecule has 0 unspecified atom stereocenters. The second-order valence-electron chi connectivity index (χ2n) is 7.31. The first-order valence-corrected chi connectivity index (χ1v) is 10.9. The molecule has 0 saturated carbocycles. The zero-order valence-electron chi connectivity index (χ0n) is 16.1. The van der Waals surface area contributed by atoms with Crippen molar-refractivity contribution in [3.05, 3.63) is 42.5 Å². The smallest absolute Gasteiger partial charge is 0.240 e. The van der Waals surface area contributed by atoms with Crippen LogP contribution in [-0.2, 0) is 10.0 Å². The topological polar surface area (TPSA) is 104 Å². The fourth-order valence-corrected chi connectivity index (χ4v) is 4.43. The maximum Gasteiger partial charge on any atom is 0.240 e. The molecule has 0 radical (unpaired) electrons. The van der Waals surface area contributed by atoms with Gasteiger partial charge in [0.1, 0.15) is 0 Å². The van der Waals surface area contributed by atoms with E-state index in [1.807, 2.05) is 24.3 Å². The Balaban J connectivity index is 2.10. The average molecular weight is 394 g/mol. The summed E-state index contributed by atoms with van der Waals surface area (Å²) in [5.41, 5.74) is 5.80. The van der Waals surface area contributed by atoms with Gasteiger partial charge in [-0.3, -0.25) is 0 Å². The normalized spacial score (nSPS) is 14.6. The van der Waals surface area contributed by atoms with Crippen LogP contribution in [0.3, 0.4) is 0 Å². The monoisotopic (exact) mass is 393 g/mol. The molecule has 5 N–H and O–H groups in total. The third kappa shape index (κ3) is 6.55. The van der Waals surface area contributed by atoms with Crippen molar-refractivity contribution in [3.63, 3.8) is 0 Å². The van der Waals surface area contributed by atoms with Crippen molar-refractivity contribution in [2.75, 3.05) is 19.7 Å². The van der Waals surface area contributed by atoms with E-state index in [4.69, 9.17) is 5.73 Å². The molecule has 2 aromatic rings. The van der Waals surface area contributed by atoms with Gasteiger partial charge in [-0.2, -0.15) is 0 Å². The number of benzene rings is 2. The van der Waals surface area contributed by atoms with E-state index in [9.17, 15) is 13.5 Å². The molecule has 0 aromatic heterocycles. The van der Waals surface area contributed by atoms with Crippen LogP contribution >= 0.6 is 0 Å². The molecule has 0 aliphatic heterocycles. The molecule has 2 rings (SSSR count). The Labute approximate surface area is 162 Å². The number of fused-ring (bicyclic) bond motifs is 1. The predicted molar refractivity (Wildman–Crippen MR) is 110 cm³/mol. The summed E-state index contributed by atoms with van der Waals surface area (Å²) in [4.78, 5) is 0.224. The maximum atomic E-state index is 12.8. The molecule has 7 heteroatoms. The summed E-state index contributed by atoms with van der Waals surface area (Å²) in [6, 6.07) is 12.4. The van der Waals surface area contributed by atoms with Crippen molar-refractivity contribution in [1.29, 1.82) is 0 Å². The summed E-state index contributed by atoms with van der Waals surface area (Å²) >= 11 is 0. The van der Waals surface area contributed by atoms with E-state index >= 15 is 0 Å². The van der Waals surface area contributed by atoms with Crippen LogP contribution in [0, 0.1) is 5.92 Å². The van der Waals surface area contributed by atoms with Crippen molar-refractivity contribution in [2.45, 2.75) is 43.7 Å². The highest BCUT2D eigenvalue weighted by Gasteiger charge is 2.21. The summed E-state index contributed by atoms with van der Waals surface area (Å²) in [6.45, 7) is 5.06. The van der Waals surface area contributed by atoms with Crippen molar-refractivity contribution >= 4 is 20.8 Å². The van der Waals surface area contributed by atoms with Crippen LogP contribution in [0.2, 0.25) is 0 Å². The number of nitrogens with two attached hydrogens (primary N) is 1. The van der Waals surface area contributed by atoms with E-state index in [-0.39, 0.29) is 17.5 Å². The van der Waals surface area contributed by atoms with E-state index in [1.165, 1.54) is 0 Å². The summed E-state index contributed by atoms with van der Waals surface area (Å²) < 4.78 is 28.3. The standard InChI is InChI=1S/C20H31N3O3S/c1-15(2)11-19(13-21)22-14-18(9-10-24)23-27(25,26)20-8-7-16-5-3-4-6-17(16)12-20/h3-8,12,15,18-19,22-24H,9-11,13-14,21H2,1-2H3/t18-,19+/m1/s1. The molecule has 0 heterocycles. The van der Waals surface area contributed by atoms with E-state index in [0.29, 0.717) is 25.4 Å². The van der Waals surface area contributed by atoms with Crippen LogP contribution in [0.4, 0.5) is 0 Å². The number of hydrogen-bond acceptors (Lipinski definition) is 5. The van der Waals surface area contributed by atoms with Crippen molar-refractivity contribution < 1.29 is 13.5 Å². The second kappa shape index (κ2) is 10.1. The molecule has 150 valence electrons.